The fourth-order valence-corrected chi connectivity index (χ4v) is 4.98. The maximum Gasteiger partial charge on any atom is 0.220 e. The van der Waals surface area contributed by atoms with Crippen LogP contribution >= 0.6 is 0 Å². The molecule has 6 nitrogen and oxygen atoms in total. The molecule has 2 aromatic heterocycles. The maximum absolute atomic E-state index is 12.1. The fourth-order valence-electron chi connectivity index (χ4n) is 4.98. The van der Waals surface area contributed by atoms with Crippen molar-refractivity contribution < 1.29 is 4.79 Å². The monoisotopic (exact) mass is 447 g/mol. The van der Waals surface area contributed by atoms with Gasteiger partial charge < -0.3 is 5.32 Å². The van der Waals surface area contributed by atoms with Crippen molar-refractivity contribution in [1.82, 2.24) is 24.8 Å². The number of carbonyl (C=O) groups excluding carboxylic acids is 1. The predicted octanol–water partition coefficient (Wildman–Crippen LogP) is 4.84. The Labute approximate surface area is 197 Å². The molecule has 3 heterocycles. The van der Waals surface area contributed by atoms with E-state index >= 15 is 0 Å². The van der Waals surface area contributed by atoms with Gasteiger partial charge >= 0.3 is 0 Å². The third-order valence-electron chi connectivity index (χ3n) is 6.95. The fraction of sp³-hybridized carbons (Fsp3) is 0.519. The summed E-state index contributed by atoms with van der Waals surface area (Å²) in [5, 5.41) is 8.01. The first kappa shape index (κ1) is 23.4. The molecule has 1 fully saturated rings. The van der Waals surface area contributed by atoms with Crippen molar-refractivity contribution in [2.75, 3.05) is 13.1 Å². The summed E-state index contributed by atoms with van der Waals surface area (Å²) >= 11 is 0. The van der Waals surface area contributed by atoms with Gasteiger partial charge in [0.1, 0.15) is 0 Å². The summed E-state index contributed by atoms with van der Waals surface area (Å²) in [6, 6.07) is 11.1. The molecule has 0 saturated carbocycles. The molecule has 0 bridgehead atoms. The second kappa shape index (κ2) is 10.5. The number of nitrogens with zero attached hydrogens (tertiary/aromatic N) is 4. The zero-order valence-corrected chi connectivity index (χ0v) is 20.5. The predicted molar refractivity (Wildman–Crippen MR) is 132 cm³/mol. The average Bonchev–Trinajstić information content (AvgIpc) is 3.23. The van der Waals surface area contributed by atoms with Crippen LogP contribution in [0.25, 0.3) is 5.65 Å². The zero-order valence-electron chi connectivity index (χ0n) is 20.5. The van der Waals surface area contributed by atoms with Crippen molar-refractivity contribution >= 4 is 11.6 Å². The molecule has 0 unspecified atom stereocenters. The van der Waals surface area contributed by atoms with Gasteiger partial charge in [0, 0.05) is 37.0 Å². The topological polar surface area (TPSA) is 62.5 Å². The number of fused-ring (bicyclic) bond motifs is 1. The van der Waals surface area contributed by atoms with E-state index in [1.165, 1.54) is 24.0 Å². The largest absolute Gasteiger partial charge is 0.356 e. The quantitative estimate of drug-likeness (QED) is 0.537. The Morgan fingerprint density at radius 2 is 2.00 bits per heavy atom. The molecule has 0 aliphatic carbocycles. The Hall–Kier alpha value is -2.73. The molecule has 1 atom stereocenters. The number of rotatable bonds is 8. The summed E-state index contributed by atoms with van der Waals surface area (Å²) in [6.07, 6.45) is 5.71. The van der Waals surface area contributed by atoms with Gasteiger partial charge in [-0.3, -0.25) is 9.69 Å². The lowest BCUT2D eigenvalue weighted by molar-refractivity contribution is -0.121. The van der Waals surface area contributed by atoms with Gasteiger partial charge in [0.05, 0.1) is 11.7 Å². The lowest BCUT2D eigenvalue weighted by Gasteiger charge is -2.35. The highest BCUT2D eigenvalue weighted by Gasteiger charge is 2.27. The van der Waals surface area contributed by atoms with Crippen LogP contribution in [0.15, 0.2) is 30.3 Å². The first-order valence-corrected chi connectivity index (χ1v) is 12.4. The van der Waals surface area contributed by atoms with Gasteiger partial charge in [-0.15, -0.1) is 0 Å². The summed E-state index contributed by atoms with van der Waals surface area (Å²) in [7, 11) is 0. The molecule has 1 aromatic carbocycles. The van der Waals surface area contributed by atoms with E-state index < -0.39 is 0 Å². The molecule has 4 rings (SSSR count). The second-order valence-corrected chi connectivity index (χ2v) is 9.36. The summed E-state index contributed by atoms with van der Waals surface area (Å²) in [5.74, 6) is 0.103. The number of piperidine rings is 1. The van der Waals surface area contributed by atoms with E-state index in [2.05, 4.69) is 61.3 Å². The van der Waals surface area contributed by atoms with Gasteiger partial charge in [-0.05, 0) is 69.7 Å². The van der Waals surface area contributed by atoms with Crippen LogP contribution in [0.4, 0.5) is 0 Å². The van der Waals surface area contributed by atoms with E-state index in [1.54, 1.807) is 0 Å². The zero-order chi connectivity index (χ0) is 23.4. The van der Waals surface area contributed by atoms with E-state index in [9.17, 15) is 4.79 Å². The van der Waals surface area contributed by atoms with Gasteiger partial charge in [0.15, 0.2) is 5.65 Å². The van der Waals surface area contributed by atoms with Crippen LogP contribution in [0.2, 0.25) is 0 Å². The van der Waals surface area contributed by atoms with E-state index in [1.807, 2.05) is 11.4 Å². The van der Waals surface area contributed by atoms with Crippen molar-refractivity contribution in [1.29, 1.82) is 0 Å². The smallest absolute Gasteiger partial charge is 0.220 e. The van der Waals surface area contributed by atoms with Crippen molar-refractivity contribution in [2.24, 2.45) is 0 Å². The number of hydrogen-bond donors (Lipinski definition) is 1. The molecule has 176 valence electrons. The highest BCUT2D eigenvalue weighted by molar-refractivity contribution is 5.76. The van der Waals surface area contributed by atoms with Crippen LogP contribution in [-0.4, -0.2) is 38.5 Å². The second-order valence-electron chi connectivity index (χ2n) is 9.36. The summed E-state index contributed by atoms with van der Waals surface area (Å²) in [4.78, 5) is 19.6. The summed E-state index contributed by atoms with van der Waals surface area (Å²) in [5.41, 5.74) is 7.96. The van der Waals surface area contributed by atoms with Crippen molar-refractivity contribution in [2.45, 2.75) is 78.8 Å². The number of amides is 1. The molecule has 1 amide bonds. The number of nitrogens with one attached hydrogen (secondary N) is 1. The average molecular weight is 448 g/mol. The lowest BCUT2D eigenvalue weighted by Crippen LogP contribution is -2.33. The minimum absolute atomic E-state index is 0.103. The molecule has 6 heteroatoms. The van der Waals surface area contributed by atoms with E-state index in [4.69, 9.17) is 10.1 Å². The minimum atomic E-state index is 0.103. The van der Waals surface area contributed by atoms with Crippen LogP contribution in [0.3, 0.4) is 0 Å². The number of carbonyl (C=O) groups is 1. The number of hydrogen-bond acceptors (Lipinski definition) is 4. The van der Waals surface area contributed by atoms with Gasteiger partial charge in [-0.25, -0.2) is 9.50 Å². The Kier molecular flexibility index (Phi) is 7.43. The number of benzene rings is 1. The van der Waals surface area contributed by atoms with E-state index in [0.29, 0.717) is 18.9 Å². The Balaban J connectivity index is 1.58. The van der Waals surface area contributed by atoms with Gasteiger partial charge in [-0.2, -0.15) is 5.10 Å². The Bertz CT molecular complexity index is 1120. The van der Waals surface area contributed by atoms with Gasteiger partial charge in [0.25, 0.3) is 0 Å². The summed E-state index contributed by atoms with van der Waals surface area (Å²) in [6.45, 7) is 11.2. The molecule has 1 aliphatic rings. The molecule has 1 aliphatic heterocycles. The highest BCUT2D eigenvalue weighted by Crippen LogP contribution is 2.32. The molecule has 33 heavy (non-hydrogen) atoms. The molecule has 0 spiro atoms. The number of likely N-dealkylation sites (tertiary alicyclic amines) is 1. The molecule has 0 radical (unpaired) electrons. The maximum atomic E-state index is 12.1. The molecular weight excluding hydrogens is 410 g/mol. The first-order chi connectivity index (χ1) is 16.0. The summed E-state index contributed by atoms with van der Waals surface area (Å²) < 4.78 is 1.99. The first-order valence-electron chi connectivity index (χ1n) is 12.4. The molecular formula is C27H37N5O. The minimum Gasteiger partial charge on any atom is -0.356 e. The van der Waals surface area contributed by atoms with E-state index in [-0.39, 0.29) is 5.91 Å². The SMILES string of the molecule is CCCNC(=O)CCc1c(C)nc2cc([C@@H]3CCCCN3Cc3ccccc3C)nn2c1C. The van der Waals surface area contributed by atoms with Gasteiger partial charge in [-0.1, -0.05) is 37.6 Å². The van der Waals surface area contributed by atoms with E-state index in [0.717, 1.165) is 60.8 Å². The number of aromatic nitrogens is 3. The van der Waals surface area contributed by atoms with Crippen LogP contribution in [0.1, 0.15) is 78.8 Å². The van der Waals surface area contributed by atoms with Crippen molar-refractivity contribution in [3.63, 3.8) is 0 Å². The van der Waals surface area contributed by atoms with Crippen molar-refractivity contribution in [3.8, 4) is 0 Å². The van der Waals surface area contributed by atoms with Crippen LogP contribution in [-0.2, 0) is 17.8 Å². The third-order valence-corrected chi connectivity index (χ3v) is 6.95. The molecule has 3 aromatic rings. The highest BCUT2D eigenvalue weighted by atomic mass is 16.1. The Morgan fingerprint density at radius 3 is 2.79 bits per heavy atom. The van der Waals surface area contributed by atoms with Crippen LogP contribution in [0, 0.1) is 20.8 Å². The van der Waals surface area contributed by atoms with Crippen molar-refractivity contribution in [3.05, 3.63) is 64.1 Å². The number of aryl methyl sites for hydroxylation is 3. The van der Waals surface area contributed by atoms with Crippen LogP contribution in [0.5, 0.6) is 0 Å². The lowest BCUT2D eigenvalue weighted by atomic mass is 9.98. The van der Waals surface area contributed by atoms with Gasteiger partial charge in [0.2, 0.25) is 5.91 Å². The Morgan fingerprint density at radius 1 is 1.18 bits per heavy atom. The molecule has 1 N–H and O–H groups in total. The van der Waals surface area contributed by atoms with Crippen LogP contribution < -0.4 is 5.32 Å². The third kappa shape index (κ3) is 5.27. The normalized spacial score (nSPS) is 16.9. The molecule has 1 saturated heterocycles. The standard InChI is InChI=1S/C27H37N5O/c1-5-15-28-27(33)14-13-23-20(3)29-26-17-24(30-32(26)21(23)4)25-12-8-9-16-31(25)18-22-11-7-6-10-19(22)2/h6-7,10-11,17,25H,5,8-9,12-16,18H2,1-4H3,(H,28,33)/t25-/m0/s1.